The second kappa shape index (κ2) is 2.99. The first-order valence-electron chi connectivity index (χ1n) is 5.24. The Bertz CT molecular complexity index is 428. The molecule has 1 aliphatic heterocycles. The molecule has 1 N–H and O–H groups in total. The van der Waals surface area contributed by atoms with E-state index in [0.717, 1.165) is 12.2 Å². The van der Waals surface area contributed by atoms with E-state index in [2.05, 4.69) is 17.4 Å². The summed E-state index contributed by atoms with van der Waals surface area (Å²) in [5.74, 6) is 1.43. The van der Waals surface area contributed by atoms with Crippen molar-refractivity contribution in [3.8, 4) is 5.75 Å². The Morgan fingerprint density at radius 3 is 3.07 bits per heavy atom. The number of methoxy groups -OCH3 is 1. The maximum Gasteiger partial charge on any atom is 0.220 e. The zero-order valence-corrected chi connectivity index (χ0v) is 8.62. The van der Waals surface area contributed by atoms with Crippen LogP contribution in [0.3, 0.4) is 0 Å². The Balaban J connectivity index is 2.02. The third-order valence-electron chi connectivity index (χ3n) is 3.43. The number of ether oxygens (including phenoxy) is 1. The van der Waals surface area contributed by atoms with Crippen molar-refractivity contribution < 1.29 is 9.53 Å². The summed E-state index contributed by atoms with van der Waals surface area (Å²) in [7, 11) is 1.67. The van der Waals surface area contributed by atoms with Gasteiger partial charge in [0.25, 0.3) is 0 Å². The molecular formula is C12H13NO2. The average molecular weight is 203 g/mol. The average Bonchev–Trinajstić information content (AvgIpc) is 2.73. The summed E-state index contributed by atoms with van der Waals surface area (Å²) in [6.07, 6.45) is 1.60. The molecule has 78 valence electrons. The minimum atomic E-state index is 0.179. The van der Waals surface area contributed by atoms with E-state index in [1.54, 1.807) is 7.11 Å². The van der Waals surface area contributed by atoms with Gasteiger partial charge in [-0.3, -0.25) is 4.79 Å². The zero-order chi connectivity index (χ0) is 10.4. The van der Waals surface area contributed by atoms with Crippen molar-refractivity contribution in [2.24, 2.45) is 0 Å². The number of fused-ring (bicyclic) bond motifs is 3. The van der Waals surface area contributed by atoms with Gasteiger partial charge >= 0.3 is 0 Å². The van der Waals surface area contributed by atoms with Gasteiger partial charge in [0.1, 0.15) is 5.75 Å². The molecule has 1 fully saturated rings. The first-order valence-corrected chi connectivity index (χ1v) is 5.24. The number of carbonyl (C=O) groups is 1. The van der Waals surface area contributed by atoms with E-state index in [0.29, 0.717) is 18.4 Å². The van der Waals surface area contributed by atoms with Crippen molar-refractivity contribution in [1.29, 1.82) is 0 Å². The van der Waals surface area contributed by atoms with Gasteiger partial charge in [0.2, 0.25) is 5.91 Å². The second-order valence-electron chi connectivity index (χ2n) is 4.25. The first kappa shape index (κ1) is 8.77. The molecule has 3 heteroatoms. The summed E-state index contributed by atoms with van der Waals surface area (Å²) in [6.45, 7) is 0. The molecule has 0 aromatic heterocycles. The molecule has 15 heavy (non-hydrogen) atoms. The summed E-state index contributed by atoms with van der Waals surface area (Å²) >= 11 is 0. The molecule has 0 bridgehead atoms. The maximum atomic E-state index is 11.3. The van der Waals surface area contributed by atoms with E-state index in [1.807, 2.05) is 6.07 Å². The van der Waals surface area contributed by atoms with E-state index in [1.165, 1.54) is 11.1 Å². The highest BCUT2D eigenvalue weighted by molar-refractivity contribution is 5.81. The highest BCUT2D eigenvalue weighted by Gasteiger charge is 2.39. The lowest BCUT2D eigenvalue weighted by Gasteiger charge is -2.08. The zero-order valence-electron chi connectivity index (χ0n) is 8.62. The number of hydrogen-bond donors (Lipinski definition) is 1. The van der Waals surface area contributed by atoms with Crippen LogP contribution in [-0.2, 0) is 11.2 Å². The molecule has 0 radical (unpaired) electrons. The maximum absolute atomic E-state index is 11.3. The lowest BCUT2D eigenvalue weighted by molar-refractivity contribution is -0.119. The van der Waals surface area contributed by atoms with Gasteiger partial charge < -0.3 is 10.1 Å². The fourth-order valence-corrected chi connectivity index (χ4v) is 2.70. The van der Waals surface area contributed by atoms with Crippen LogP contribution in [0, 0.1) is 0 Å². The van der Waals surface area contributed by atoms with Crippen LogP contribution in [0.25, 0.3) is 0 Å². The molecule has 0 spiro atoms. The molecule has 1 heterocycles. The highest BCUT2D eigenvalue weighted by atomic mass is 16.5. The van der Waals surface area contributed by atoms with Crippen LogP contribution in [0.1, 0.15) is 23.5 Å². The van der Waals surface area contributed by atoms with Gasteiger partial charge in [0, 0.05) is 18.4 Å². The van der Waals surface area contributed by atoms with Crippen LogP contribution in [0.15, 0.2) is 18.2 Å². The first-order chi connectivity index (χ1) is 7.28. The van der Waals surface area contributed by atoms with E-state index in [4.69, 9.17) is 4.74 Å². The van der Waals surface area contributed by atoms with Crippen LogP contribution in [0.5, 0.6) is 5.75 Å². The number of amides is 1. The van der Waals surface area contributed by atoms with Gasteiger partial charge in [0.15, 0.2) is 0 Å². The van der Waals surface area contributed by atoms with Crippen molar-refractivity contribution in [1.82, 2.24) is 5.32 Å². The predicted octanol–water partition coefficient (Wildman–Crippen LogP) is 1.22. The molecule has 1 aliphatic carbocycles. The van der Waals surface area contributed by atoms with Crippen molar-refractivity contribution in [2.45, 2.75) is 24.8 Å². The Hall–Kier alpha value is -1.51. The Morgan fingerprint density at radius 1 is 1.40 bits per heavy atom. The molecule has 0 saturated carbocycles. The van der Waals surface area contributed by atoms with Crippen molar-refractivity contribution in [2.75, 3.05) is 7.11 Å². The molecule has 3 nitrogen and oxygen atoms in total. The SMILES string of the molecule is COc1ccc2c(c1)C1CC(=O)NC1C2. The molecule has 2 unspecified atom stereocenters. The minimum absolute atomic E-state index is 0.179. The number of nitrogens with one attached hydrogen (secondary N) is 1. The normalized spacial score (nSPS) is 27.1. The smallest absolute Gasteiger partial charge is 0.220 e. The number of benzene rings is 1. The molecule has 1 aromatic rings. The van der Waals surface area contributed by atoms with Gasteiger partial charge in [-0.2, -0.15) is 0 Å². The van der Waals surface area contributed by atoms with Crippen LogP contribution in [0.2, 0.25) is 0 Å². The van der Waals surface area contributed by atoms with E-state index < -0.39 is 0 Å². The lowest BCUT2D eigenvalue weighted by atomic mass is 9.98. The fraction of sp³-hybridized carbons (Fsp3) is 0.417. The monoisotopic (exact) mass is 203 g/mol. The van der Waals surface area contributed by atoms with Gasteiger partial charge in [-0.05, 0) is 29.7 Å². The number of rotatable bonds is 1. The van der Waals surface area contributed by atoms with Crippen LogP contribution in [0.4, 0.5) is 0 Å². The van der Waals surface area contributed by atoms with Crippen molar-refractivity contribution in [3.05, 3.63) is 29.3 Å². The Morgan fingerprint density at radius 2 is 2.27 bits per heavy atom. The van der Waals surface area contributed by atoms with E-state index in [-0.39, 0.29) is 5.91 Å². The summed E-state index contributed by atoms with van der Waals surface area (Å²) in [5, 5.41) is 3.02. The molecule has 1 saturated heterocycles. The minimum Gasteiger partial charge on any atom is -0.497 e. The number of carbonyl (C=O) groups excluding carboxylic acids is 1. The predicted molar refractivity (Wildman–Crippen MR) is 56.0 cm³/mol. The molecule has 3 rings (SSSR count). The summed E-state index contributed by atoms with van der Waals surface area (Å²) in [6, 6.07) is 6.49. The van der Waals surface area contributed by atoms with Crippen LogP contribution >= 0.6 is 0 Å². The standard InChI is InChI=1S/C12H13NO2/c1-15-8-3-2-7-4-11-10(9(7)5-8)6-12(14)13-11/h2-3,5,10-11H,4,6H2,1H3,(H,13,14). The van der Waals surface area contributed by atoms with Gasteiger partial charge in [-0.25, -0.2) is 0 Å². The highest BCUT2D eigenvalue weighted by Crippen LogP contribution is 2.40. The molecular weight excluding hydrogens is 190 g/mol. The Labute approximate surface area is 88.4 Å². The largest absolute Gasteiger partial charge is 0.497 e. The topological polar surface area (TPSA) is 38.3 Å². The molecule has 2 atom stereocenters. The molecule has 2 aliphatic rings. The van der Waals surface area contributed by atoms with Crippen molar-refractivity contribution >= 4 is 5.91 Å². The van der Waals surface area contributed by atoms with Gasteiger partial charge in [0.05, 0.1) is 7.11 Å². The Kier molecular flexibility index (Phi) is 1.75. The van der Waals surface area contributed by atoms with Crippen LogP contribution in [-0.4, -0.2) is 19.1 Å². The summed E-state index contributed by atoms with van der Waals surface area (Å²) in [4.78, 5) is 11.3. The molecule has 1 amide bonds. The van der Waals surface area contributed by atoms with Crippen LogP contribution < -0.4 is 10.1 Å². The number of hydrogen-bond acceptors (Lipinski definition) is 2. The molecule has 1 aromatic carbocycles. The third-order valence-corrected chi connectivity index (χ3v) is 3.43. The quantitative estimate of drug-likeness (QED) is 0.745. The lowest BCUT2D eigenvalue weighted by Crippen LogP contribution is -2.26. The fourth-order valence-electron chi connectivity index (χ4n) is 2.70. The van der Waals surface area contributed by atoms with E-state index >= 15 is 0 Å². The second-order valence-corrected chi connectivity index (χ2v) is 4.25. The summed E-state index contributed by atoms with van der Waals surface area (Å²) in [5.41, 5.74) is 2.64. The van der Waals surface area contributed by atoms with Gasteiger partial charge in [-0.1, -0.05) is 6.07 Å². The third kappa shape index (κ3) is 1.23. The summed E-state index contributed by atoms with van der Waals surface area (Å²) < 4.78 is 5.21. The van der Waals surface area contributed by atoms with Crippen molar-refractivity contribution in [3.63, 3.8) is 0 Å². The van der Waals surface area contributed by atoms with Gasteiger partial charge in [-0.15, -0.1) is 0 Å². The van der Waals surface area contributed by atoms with E-state index in [9.17, 15) is 4.79 Å².